The first kappa shape index (κ1) is 8.61. The average Bonchev–Trinajstić information content (AvgIpc) is 2.94. The van der Waals surface area contributed by atoms with Gasteiger partial charge in [0, 0.05) is 0 Å². The molecule has 0 spiro atoms. The predicted octanol–water partition coefficient (Wildman–Crippen LogP) is 3.66. The summed E-state index contributed by atoms with van der Waals surface area (Å²) in [5.41, 5.74) is 1.81. The Morgan fingerprint density at radius 1 is 1.13 bits per heavy atom. The molecular weight excluding hydrogens is 180 g/mol. The molecule has 0 amide bonds. The molecule has 4 bridgehead atoms. The standard InChI is InChI=1S/C15H20/c1-3-11-8(2)12-7-13(11)15-10-5-4-9(6-10)14(12)15/h3-5,8-10,12-15H,6-7H2,1-2H3. The van der Waals surface area contributed by atoms with Gasteiger partial charge in [-0.05, 0) is 61.2 Å². The Morgan fingerprint density at radius 2 is 1.87 bits per heavy atom. The van der Waals surface area contributed by atoms with Gasteiger partial charge in [0.1, 0.15) is 0 Å². The lowest BCUT2D eigenvalue weighted by Gasteiger charge is -2.37. The number of fused-ring (bicyclic) bond motifs is 9. The number of hydrogen-bond acceptors (Lipinski definition) is 0. The molecule has 0 radical (unpaired) electrons. The third kappa shape index (κ3) is 0.822. The van der Waals surface area contributed by atoms with Gasteiger partial charge < -0.3 is 0 Å². The van der Waals surface area contributed by atoms with E-state index < -0.39 is 0 Å². The van der Waals surface area contributed by atoms with Gasteiger partial charge in [-0.15, -0.1) is 0 Å². The highest BCUT2D eigenvalue weighted by atomic mass is 14.7. The highest BCUT2D eigenvalue weighted by Crippen LogP contribution is 2.68. The first-order valence-electron chi connectivity index (χ1n) is 6.65. The SMILES string of the molecule is CC=C1C(C)C2CC1C1C3C=CC(C3)C21. The van der Waals surface area contributed by atoms with Crippen LogP contribution in [0.5, 0.6) is 0 Å². The minimum absolute atomic E-state index is 0.897. The fourth-order valence-electron chi connectivity index (χ4n) is 5.63. The molecule has 7 unspecified atom stereocenters. The second-order valence-corrected chi connectivity index (χ2v) is 6.19. The van der Waals surface area contributed by atoms with Crippen molar-refractivity contribution in [2.24, 2.45) is 41.4 Å². The number of rotatable bonds is 0. The molecule has 4 aliphatic carbocycles. The van der Waals surface area contributed by atoms with Gasteiger partial charge in [-0.2, -0.15) is 0 Å². The summed E-state index contributed by atoms with van der Waals surface area (Å²) in [6.07, 6.45) is 10.5. The van der Waals surface area contributed by atoms with Crippen LogP contribution in [0.2, 0.25) is 0 Å². The van der Waals surface area contributed by atoms with Crippen molar-refractivity contribution in [2.45, 2.75) is 26.7 Å². The zero-order valence-electron chi connectivity index (χ0n) is 9.69. The van der Waals surface area contributed by atoms with E-state index in [-0.39, 0.29) is 0 Å². The van der Waals surface area contributed by atoms with Crippen LogP contribution in [0.4, 0.5) is 0 Å². The summed E-state index contributed by atoms with van der Waals surface area (Å²) in [4.78, 5) is 0. The zero-order valence-corrected chi connectivity index (χ0v) is 9.69. The third-order valence-corrected chi connectivity index (χ3v) is 6.00. The Kier molecular flexibility index (Phi) is 1.49. The Morgan fingerprint density at radius 3 is 2.60 bits per heavy atom. The van der Waals surface area contributed by atoms with Crippen LogP contribution in [0.1, 0.15) is 26.7 Å². The molecule has 15 heavy (non-hydrogen) atoms. The summed E-state index contributed by atoms with van der Waals surface area (Å²) in [7, 11) is 0. The average molecular weight is 200 g/mol. The van der Waals surface area contributed by atoms with Crippen LogP contribution in [0.15, 0.2) is 23.8 Å². The first-order chi connectivity index (χ1) is 7.31. The molecule has 80 valence electrons. The highest BCUT2D eigenvalue weighted by Gasteiger charge is 2.61. The second-order valence-electron chi connectivity index (χ2n) is 6.19. The second kappa shape index (κ2) is 2.59. The van der Waals surface area contributed by atoms with Crippen molar-refractivity contribution in [3.8, 4) is 0 Å². The van der Waals surface area contributed by atoms with Gasteiger partial charge in [-0.1, -0.05) is 30.7 Å². The van der Waals surface area contributed by atoms with Crippen LogP contribution in [0.3, 0.4) is 0 Å². The highest BCUT2D eigenvalue weighted by molar-refractivity contribution is 5.30. The predicted molar refractivity (Wildman–Crippen MR) is 62.2 cm³/mol. The first-order valence-corrected chi connectivity index (χ1v) is 6.65. The molecule has 3 saturated carbocycles. The van der Waals surface area contributed by atoms with Crippen molar-refractivity contribution >= 4 is 0 Å². The summed E-state index contributed by atoms with van der Waals surface area (Å²) < 4.78 is 0. The van der Waals surface area contributed by atoms with E-state index in [1.165, 1.54) is 12.8 Å². The number of hydrogen-bond donors (Lipinski definition) is 0. The monoisotopic (exact) mass is 200 g/mol. The Balaban J connectivity index is 1.80. The summed E-state index contributed by atoms with van der Waals surface area (Å²) in [5.74, 6) is 6.95. The lowest BCUT2D eigenvalue weighted by Crippen LogP contribution is -2.31. The van der Waals surface area contributed by atoms with Crippen molar-refractivity contribution in [1.82, 2.24) is 0 Å². The van der Waals surface area contributed by atoms with Crippen LogP contribution in [0, 0.1) is 41.4 Å². The summed E-state index contributed by atoms with van der Waals surface area (Å²) in [5, 5.41) is 0. The van der Waals surface area contributed by atoms with Crippen LogP contribution in [0.25, 0.3) is 0 Å². The molecule has 0 aromatic rings. The van der Waals surface area contributed by atoms with E-state index in [2.05, 4.69) is 32.1 Å². The molecular formula is C15H20. The van der Waals surface area contributed by atoms with Gasteiger partial charge in [0.2, 0.25) is 0 Å². The normalized spacial score (nSPS) is 62.0. The molecule has 0 nitrogen and oxygen atoms in total. The molecule has 0 aliphatic heterocycles. The molecule has 0 N–H and O–H groups in total. The van der Waals surface area contributed by atoms with E-state index in [0.717, 1.165) is 41.4 Å². The molecule has 0 heteroatoms. The molecule has 4 aliphatic rings. The Hall–Kier alpha value is -0.520. The van der Waals surface area contributed by atoms with E-state index in [4.69, 9.17) is 0 Å². The maximum atomic E-state index is 2.54. The molecule has 4 rings (SSSR count). The zero-order chi connectivity index (χ0) is 10.2. The van der Waals surface area contributed by atoms with E-state index in [1.807, 2.05) is 5.57 Å². The van der Waals surface area contributed by atoms with Crippen LogP contribution in [-0.2, 0) is 0 Å². The maximum absolute atomic E-state index is 2.54. The molecule has 0 aromatic carbocycles. The minimum atomic E-state index is 0.897. The van der Waals surface area contributed by atoms with Crippen molar-refractivity contribution < 1.29 is 0 Å². The van der Waals surface area contributed by atoms with Crippen LogP contribution < -0.4 is 0 Å². The summed E-state index contributed by atoms with van der Waals surface area (Å²) >= 11 is 0. The van der Waals surface area contributed by atoms with Crippen molar-refractivity contribution in [3.05, 3.63) is 23.8 Å². The van der Waals surface area contributed by atoms with Gasteiger partial charge in [-0.25, -0.2) is 0 Å². The topological polar surface area (TPSA) is 0 Å². The summed E-state index contributed by atoms with van der Waals surface area (Å²) in [6.45, 7) is 4.73. The molecule has 3 fully saturated rings. The molecule has 7 atom stereocenters. The third-order valence-electron chi connectivity index (χ3n) is 6.00. The Bertz CT molecular complexity index is 362. The fraction of sp³-hybridized carbons (Fsp3) is 0.733. The van der Waals surface area contributed by atoms with Gasteiger partial charge in [0.25, 0.3) is 0 Å². The largest absolute Gasteiger partial charge is 0.0879 e. The van der Waals surface area contributed by atoms with E-state index in [9.17, 15) is 0 Å². The maximum Gasteiger partial charge on any atom is -0.0161 e. The Labute approximate surface area is 92.4 Å². The van der Waals surface area contributed by atoms with E-state index in [0.29, 0.717) is 0 Å². The lowest BCUT2D eigenvalue weighted by molar-refractivity contribution is 0.203. The smallest absolute Gasteiger partial charge is 0.0161 e. The van der Waals surface area contributed by atoms with Crippen molar-refractivity contribution in [3.63, 3.8) is 0 Å². The van der Waals surface area contributed by atoms with Crippen molar-refractivity contribution in [1.29, 1.82) is 0 Å². The molecule has 0 aromatic heterocycles. The van der Waals surface area contributed by atoms with E-state index in [1.54, 1.807) is 0 Å². The minimum Gasteiger partial charge on any atom is -0.0879 e. The van der Waals surface area contributed by atoms with Crippen molar-refractivity contribution in [2.75, 3.05) is 0 Å². The van der Waals surface area contributed by atoms with Gasteiger partial charge in [-0.3, -0.25) is 0 Å². The molecule has 0 saturated heterocycles. The van der Waals surface area contributed by atoms with Gasteiger partial charge in [0.15, 0.2) is 0 Å². The number of allylic oxidation sites excluding steroid dienone is 4. The van der Waals surface area contributed by atoms with Gasteiger partial charge in [0.05, 0.1) is 0 Å². The lowest BCUT2D eigenvalue weighted by atomic mass is 9.68. The summed E-state index contributed by atoms with van der Waals surface area (Å²) in [6, 6.07) is 0. The van der Waals surface area contributed by atoms with E-state index >= 15 is 0 Å². The quantitative estimate of drug-likeness (QED) is 0.413. The van der Waals surface area contributed by atoms with Crippen LogP contribution >= 0.6 is 0 Å². The molecule has 0 heterocycles. The van der Waals surface area contributed by atoms with Crippen LogP contribution in [-0.4, -0.2) is 0 Å². The van der Waals surface area contributed by atoms with Gasteiger partial charge >= 0.3 is 0 Å². The fourth-order valence-corrected chi connectivity index (χ4v) is 5.63.